The summed E-state index contributed by atoms with van der Waals surface area (Å²) in [7, 11) is 0. The van der Waals surface area contributed by atoms with Gasteiger partial charge in [0.2, 0.25) is 5.91 Å². The summed E-state index contributed by atoms with van der Waals surface area (Å²) in [5, 5.41) is 13.1. The molecule has 0 radical (unpaired) electrons. The Hall–Kier alpha value is -1.90. The van der Waals surface area contributed by atoms with Crippen molar-refractivity contribution in [2.24, 2.45) is 5.73 Å². The average Bonchev–Trinajstić information content (AvgIpc) is 3.25. The van der Waals surface area contributed by atoms with Gasteiger partial charge in [-0.3, -0.25) is 4.79 Å². The largest absolute Gasteiger partial charge is 0.370 e. The Morgan fingerprint density at radius 3 is 2.89 bits per heavy atom. The van der Waals surface area contributed by atoms with Crippen molar-refractivity contribution < 1.29 is 4.79 Å². The standard InChI is InChI=1S/C18H18ClN5OS2/c19-14-4-2-1-3-13(14)17-21-12(9-26-17)10-27-18-23-22-16(11-5-6-11)24(18)8-7-15(20)25/h1-4,9,11H,5-8,10H2,(H2,20,25). The van der Waals surface area contributed by atoms with E-state index in [2.05, 4.69) is 10.2 Å². The highest BCUT2D eigenvalue weighted by atomic mass is 35.5. The van der Waals surface area contributed by atoms with Crippen LogP contribution in [-0.4, -0.2) is 25.7 Å². The third-order valence-corrected chi connectivity index (χ3v) is 6.53. The SMILES string of the molecule is NC(=O)CCn1c(SCc2csc(-c3ccccc3Cl)n2)nnc1C1CC1. The van der Waals surface area contributed by atoms with Crippen molar-refractivity contribution >= 4 is 40.6 Å². The first-order valence-corrected chi connectivity index (χ1v) is 10.9. The second-order valence-electron chi connectivity index (χ2n) is 6.40. The molecule has 1 aromatic carbocycles. The molecular formula is C18H18ClN5OS2. The van der Waals surface area contributed by atoms with Crippen LogP contribution in [0.5, 0.6) is 0 Å². The maximum absolute atomic E-state index is 11.2. The van der Waals surface area contributed by atoms with E-state index in [1.54, 1.807) is 23.1 Å². The number of aromatic nitrogens is 4. The predicted octanol–water partition coefficient (Wildman–Crippen LogP) is 4.10. The molecule has 0 spiro atoms. The molecule has 4 rings (SSSR count). The zero-order chi connectivity index (χ0) is 18.8. The van der Waals surface area contributed by atoms with Crippen LogP contribution in [0, 0.1) is 0 Å². The number of rotatable bonds is 8. The van der Waals surface area contributed by atoms with Crippen molar-refractivity contribution in [1.82, 2.24) is 19.7 Å². The Balaban J connectivity index is 1.47. The van der Waals surface area contributed by atoms with E-state index < -0.39 is 0 Å². The lowest BCUT2D eigenvalue weighted by atomic mass is 10.2. The highest BCUT2D eigenvalue weighted by Crippen LogP contribution is 2.40. The van der Waals surface area contributed by atoms with Crippen LogP contribution in [0.4, 0.5) is 0 Å². The van der Waals surface area contributed by atoms with E-state index >= 15 is 0 Å². The van der Waals surface area contributed by atoms with Gasteiger partial charge in [-0.25, -0.2) is 4.98 Å². The summed E-state index contributed by atoms with van der Waals surface area (Å²) in [5.41, 5.74) is 7.23. The monoisotopic (exact) mass is 419 g/mol. The van der Waals surface area contributed by atoms with E-state index in [4.69, 9.17) is 22.3 Å². The lowest BCUT2D eigenvalue weighted by Gasteiger charge is -2.08. The topological polar surface area (TPSA) is 86.7 Å². The summed E-state index contributed by atoms with van der Waals surface area (Å²) in [6.45, 7) is 0.526. The van der Waals surface area contributed by atoms with Crippen LogP contribution < -0.4 is 5.73 Å². The number of halogens is 1. The fourth-order valence-corrected chi connectivity index (χ4v) is 4.86. The van der Waals surface area contributed by atoms with Gasteiger partial charge in [-0.2, -0.15) is 0 Å². The normalized spacial score (nSPS) is 13.8. The van der Waals surface area contributed by atoms with Crippen molar-refractivity contribution in [3.63, 3.8) is 0 Å². The molecule has 0 atom stereocenters. The summed E-state index contributed by atoms with van der Waals surface area (Å²) >= 11 is 9.42. The van der Waals surface area contributed by atoms with Gasteiger partial charge in [0.15, 0.2) is 5.16 Å². The smallest absolute Gasteiger partial charge is 0.219 e. The number of primary amides is 1. The fraction of sp³-hybridized carbons (Fsp3) is 0.333. The predicted molar refractivity (Wildman–Crippen MR) is 108 cm³/mol. The molecule has 0 unspecified atom stereocenters. The van der Waals surface area contributed by atoms with E-state index in [-0.39, 0.29) is 5.91 Å². The molecule has 1 saturated carbocycles. The summed E-state index contributed by atoms with van der Waals surface area (Å²) in [5.74, 6) is 1.80. The number of carbonyl (C=O) groups is 1. The van der Waals surface area contributed by atoms with Gasteiger partial charge in [-0.1, -0.05) is 41.6 Å². The number of benzene rings is 1. The summed E-state index contributed by atoms with van der Waals surface area (Å²) in [6.07, 6.45) is 2.55. The number of hydrogen-bond donors (Lipinski definition) is 1. The lowest BCUT2D eigenvalue weighted by molar-refractivity contribution is -0.118. The first kappa shape index (κ1) is 18.5. The Morgan fingerprint density at radius 1 is 1.33 bits per heavy atom. The molecule has 27 heavy (non-hydrogen) atoms. The average molecular weight is 420 g/mol. The van der Waals surface area contributed by atoms with Crippen LogP contribution in [0.1, 0.15) is 36.7 Å². The summed E-state index contributed by atoms with van der Waals surface area (Å²) in [6, 6.07) is 7.71. The van der Waals surface area contributed by atoms with E-state index in [0.717, 1.165) is 40.1 Å². The molecule has 1 aliphatic rings. The molecule has 0 aliphatic heterocycles. The first-order chi connectivity index (χ1) is 13.1. The molecule has 6 nitrogen and oxygen atoms in total. The van der Waals surface area contributed by atoms with Crippen LogP contribution in [0.15, 0.2) is 34.8 Å². The maximum Gasteiger partial charge on any atom is 0.219 e. The molecule has 2 aromatic heterocycles. The van der Waals surface area contributed by atoms with Crippen LogP contribution >= 0.6 is 34.7 Å². The molecule has 1 amide bonds. The van der Waals surface area contributed by atoms with Gasteiger partial charge in [-0.05, 0) is 18.9 Å². The van der Waals surface area contributed by atoms with Gasteiger partial charge in [-0.15, -0.1) is 21.5 Å². The van der Waals surface area contributed by atoms with Crippen LogP contribution in [0.3, 0.4) is 0 Å². The quantitative estimate of drug-likeness (QED) is 0.555. The molecule has 0 bridgehead atoms. The number of carbonyl (C=O) groups excluding carboxylic acids is 1. The maximum atomic E-state index is 11.2. The third kappa shape index (κ3) is 4.34. The Kier molecular flexibility index (Phi) is 5.47. The zero-order valence-electron chi connectivity index (χ0n) is 14.5. The number of thiazole rings is 1. The first-order valence-electron chi connectivity index (χ1n) is 8.65. The van der Waals surface area contributed by atoms with Gasteiger partial charge in [0, 0.05) is 35.6 Å². The molecule has 3 aromatic rings. The van der Waals surface area contributed by atoms with Crippen molar-refractivity contribution in [2.75, 3.05) is 0 Å². The Morgan fingerprint density at radius 2 is 2.15 bits per heavy atom. The fourth-order valence-electron chi connectivity index (χ4n) is 2.75. The van der Waals surface area contributed by atoms with Gasteiger partial charge < -0.3 is 10.3 Å². The number of nitrogens with zero attached hydrogens (tertiary/aromatic N) is 4. The van der Waals surface area contributed by atoms with E-state index in [1.165, 1.54) is 0 Å². The molecule has 1 aliphatic carbocycles. The number of thioether (sulfide) groups is 1. The van der Waals surface area contributed by atoms with Crippen LogP contribution in [-0.2, 0) is 17.1 Å². The molecule has 0 saturated heterocycles. The van der Waals surface area contributed by atoms with Crippen molar-refractivity contribution in [3.05, 3.63) is 46.2 Å². The van der Waals surface area contributed by atoms with Gasteiger partial charge in [0.25, 0.3) is 0 Å². The third-order valence-electron chi connectivity index (χ3n) is 4.27. The van der Waals surface area contributed by atoms with Gasteiger partial charge in [0.1, 0.15) is 10.8 Å². The number of amides is 1. The number of nitrogens with two attached hydrogens (primary N) is 1. The molecule has 2 heterocycles. The van der Waals surface area contributed by atoms with Crippen molar-refractivity contribution in [3.8, 4) is 10.6 Å². The Labute approximate surface area is 170 Å². The van der Waals surface area contributed by atoms with Gasteiger partial charge in [0.05, 0.1) is 10.7 Å². The van der Waals surface area contributed by atoms with E-state index in [1.807, 2.05) is 34.2 Å². The second kappa shape index (κ2) is 8.00. The molecule has 2 N–H and O–H groups in total. The van der Waals surface area contributed by atoms with E-state index in [0.29, 0.717) is 29.7 Å². The molecular weight excluding hydrogens is 402 g/mol. The minimum Gasteiger partial charge on any atom is -0.370 e. The second-order valence-corrected chi connectivity index (χ2v) is 8.60. The Bertz CT molecular complexity index is 966. The van der Waals surface area contributed by atoms with Crippen molar-refractivity contribution in [1.29, 1.82) is 0 Å². The highest BCUT2D eigenvalue weighted by molar-refractivity contribution is 7.98. The molecule has 140 valence electrons. The summed E-state index contributed by atoms with van der Waals surface area (Å²) in [4.78, 5) is 15.9. The van der Waals surface area contributed by atoms with Gasteiger partial charge >= 0.3 is 0 Å². The minimum atomic E-state index is -0.315. The van der Waals surface area contributed by atoms with Crippen LogP contribution in [0.2, 0.25) is 5.02 Å². The minimum absolute atomic E-state index is 0.290. The summed E-state index contributed by atoms with van der Waals surface area (Å²) < 4.78 is 2.04. The highest BCUT2D eigenvalue weighted by Gasteiger charge is 2.30. The molecule has 1 fully saturated rings. The number of hydrogen-bond acceptors (Lipinski definition) is 6. The molecule has 9 heteroatoms. The lowest BCUT2D eigenvalue weighted by Crippen LogP contribution is -2.15. The van der Waals surface area contributed by atoms with Crippen LogP contribution in [0.25, 0.3) is 10.6 Å². The van der Waals surface area contributed by atoms with E-state index in [9.17, 15) is 4.79 Å². The van der Waals surface area contributed by atoms with Crippen molar-refractivity contribution in [2.45, 2.75) is 42.6 Å². The zero-order valence-corrected chi connectivity index (χ0v) is 16.9.